The lowest BCUT2D eigenvalue weighted by Gasteiger charge is -2.19. The first-order valence-electron chi connectivity index (χ1n) is 16.1. The van der Waals surface area contributed by atoms with E-state index in [-0.39, 0.29) is 54.8 Å². The standard InChI is InChI=1S/C37H35ClN4O8S2/c38-19-35(45)50-24-22-51-31-15-7-3-11-27(31)41-33(43)20-48-29-13-5-1-9-25(29)36(46)39-17-18-40-37(47)26-10-2-6-14-30(26)49-21-34(44)42-28-12-4-8-16-32(28)52-23-24/h1-16,24H,17-23H2,(H,39,46)(H,40,47)(H,41,43)(H,42,44). The van der Waals surface area contributed by atoms with Crippen molar-refractivity contribution in [3.05, 3.63) is 108 Å². The largest absolute Gasteiger partial charge is 0.483 e. The first-order valence-corrected chi connectivity index (χ1v) is 18.6. The minimum Gasteiger partial charge on any atom is -0.483 e. The third-order valence-corrected chi connectivity index (χ3v) is 9.89. The Bertz CT molecular complexity index is 1790. The second-order valence-corrected chi connectivity index (χ2v) is 13.4. The number of amides is 4. The van der Waals surface area contributed by atoms with Crippen LogP contribution in [0.15, 0.2) is 107 Å². The maximum atomic E-state index is 13.0. The molecule has 0 aliphatic carbocycles. The lowest BCUT2D eigenvalue weighted by atomic mass is 10.2. The number of ether oxygens (including phenoxy) is 3. The molecular formula is C37H35ClN4O8S2. The summed E-state index contributed by atoms with van der Waals surface area (Å²) in [5.74, 6) is -1.64. The summed E-state index contributed by atoms with van der Waals surface area (Å²) in [6, 6.07) is 27.4. The maximum Gasteiger partial charge on any atom is 0.321 e. The molecule has 0 unspecified atom stereocenters. The van der Waals surface area contributed by atoms with Crippen molar-refractivity contribution in [1.82, 2.24) is 10.6 Å². The highest BCUT2D eigenvalue weighted by atomic mass is 35.5. The second kappa shape index (κ2) is 19.4. The quantitative estimate of drug-likeness (QED) is 0.157. The molecule has 4 aromatic rings. The number of para-hydroxylation sites is 4. The number of alkyl halides is 1. The van der Waals surface area contributed by atoms with E-state index in [1.807, 2.05) is 24.3 Å². The highest BCUT2D eigenvalue weighted by Gasteiger charge is 2.20. The fourth-order valence-corrected chi connectivity index (χ4v) is 7.07. The molecule has 0 spiro atoms. The predicted octanol–water partition coefficient (Wildman–Crippen LogP) is 5.23. The Morgan fingerprint density at radius 2 is 1.08 bits per heavy atom. The van der Waals surface area contributed by atoms with Gasteiger partial charge in [-0.3, -0.25) is 24.0 Å². The number of halogens is 1. The van der Waals surface area contributed by atoms with Crippen LogP contribution in [0.2, 0.25) is 0 Å². The number of carbonyl (C=O) groups is 5. The van der Waals surface area contributed by atoms with Crippen LogP contribution in [0.5, 0.6) is 11.5 Å². The van der Waals surface area contributed by atoms with Crippen molar-refractivity contribution in [2.24, 2.45) is 0 Å². The highest BCUT2D eigenvalue weighted by Crippen LogP contribution is 2.32. The van der Waals surface area contributed by atoms with E-state index in [1.54, 1.807) is 72.8 Å². The minimum absolute atomic E-state index is 0.0998. The summed E-state index contributed by atoms with van der Waals surface area (Å²) in [4.78, 5) is 65.8. The summed E-state index contributed by atoms with van der Waals surface area (Å²) in [6.45, 7) is -0.544. The average Bonchev–Trinajstić information content (AvgIpc) is 3.16. The molecule has 0 bridgehead atoms. The number of fused-ring (bicyclic) bond motifs is 4. The molecule has 1 aliphatic heterocycles. The molecule has 0 saturated carbocycles. The van der Waals surface area contributed by atoms with Crippen LogP contribution in [-0.2, 0) is 19.1 Å². The van der Waals surface area contributed by atoms with Gasteiger partial charge in [0.1, 0.15) is 23.5 Å². The van der Waals surface area contributed by atoms with Gasteiger partial charge in [-0.2, -0.15) is 0 Å². The zero-order chi connectivity index (χ0) is 36.7. The van der Waals surface area contributed by atoms with E-state index >= 15 is 0 Å². The van der Waals surface area contributed by atoms with Crippen LogP contribution in [0.1, 0.15) is 20.7 Å². The van der Waals surface area contributed by atoms with Crippen molar-refractivity contribution in [2.45, 2.75) is 15.9 Å². The van der Waals surface area contributed by atoms with Crippen molar-refractivity contribution in [3.8, 4) is 11.5 Å². The summed E-state index contributed by atoms with van der Waals surface area (Å²) in [5, 5.41) is 11.2. The summed E-state index contributed by atoms with van der Waals surface area (Å²) in [6.07, 6.45) is -0.589. The lowest BCUT2D eigenvalue weighted by molar-refractivity contribution is -0.143. The summed E-state index contributed by atoms with van der Waals surface area (Å²) < 4.78 is 17.2. The molecule has 0 fully saturated rings. The Kier molecular flexibility index (Phi) is 14.2. The van der Waals surface area contributed by atoms with Crippen LogP contribution in [0.4, 0.5) is 11.4 Å². The topological polar surface area (TPSA) is 161 Å². The summed E-state index contributed by atoms with van der Waals surface area (Å²) in [5.41, 5.74) is 1.48. The van der Waals surface area contributed by atoms with Crippen molar-refractivity contribution >= 4 is 76.1 Å². The number of nitrogens with one attached hydrogen (secondary N) is 4. The predicted molar refractivity (Wildman–Crippen MR) is 201 cm³/mol. The number of esters is 1. The van der Waals surface area contributed by atoms with E-state index in [4.69, 9.17) is 25.8 Å². The number of carbonyl (C=O) groups excluding carboxylic acids is 5. The Morgan fingerprint density at radius 3 is 1.54 bits per heavy atom. The minimum atomic E-state index is -0.589. The molecule has 0 aromatic heterocycles. The van der Waals surface area contributed by atoms with Crippen molar-refractivity contribution in [1.29, 1.82) is 0 Å². The molecule has 52 heavy (non-hydrogen) atoms. The van der Waals surface area contributed by atoms with Gasteiger partial charge in [-0.1, -0.05) is 48.5 Å². The molecule has 0 atom stereocenters. The van der Waals surface area contributed by atoms with Crippen LogP contribution in [0, 0.1) is 0 Å². The molecule has 12 nitrogen and oxygen atoms in total. The molecule has 1 heterocycles. The Morgan fingerprint density at radius 1 is 0.654 bits per heavy atom. The second-order valence-electron chi connectivity index (χ2n) is 11.0. The molecule has 270 valence electrons. The Balaban J connectivity index is 1.37. The number of rotatable bonds is 2. The van der Waals surface area contributed by atoms with Crippen LogP contribution >= 0.6 is 35.1 Å². The normalized spacial score (nSPS) is 15.6. The SMILES string of the molecule is O=C1COc2ccccc2C(=O)NCCNC(=O)c2ccccc2OCC(=O)Nc2ccccc2SCC(OC(=O)CCl)CSc2ccccc2N1. The monoisotopic (exact) mass is 762 g/mol. The first-order chi connectivity index (χ1) is 25.3. The molecule has 5 rings (SSSR count). The zero-order valence-electron chi connectivity index (χ0n) is 27.7. The molecule has 0 radical (unpaired) electrons. The van der Waals surface area contributed by atoms with Crippen molar-refractivity contribution < 1.29 is 38.2 Å². The Hall–Kier alpha value is -5.18. The first kappa shape index (κ1) is 38.1. The number of hydrogen-bond donors (Lipinski definition) is 4. The Labute approximate surface area is 313 Å². The van der Waals surface area contributed by atoms with E-state index in [0.717, 1.165) is 9.79 Å². The molecule has 15 heteroatoms. The van der Waals surface area contributed by atoms with Crippen LogP contribution in [-0.4, -0.2) is 79.4 Å². The molecular weight excluding hydrogens is 728 g/mol. The smallest absolute Gasteiger partial charge is 0.321 e. The van der Waals surface area contributed by atoms with Gasteiger partial charge in [-0.25, -0.2) is 0 Å². The molecule has 4 N–H and O–H groups in total. The third-order valence-electron chi connectivity index (χ3n) is 7.26. The van der Waals surface area contributed by atoms with Gasteiger partial charge < -0.3 is 35.5 Å². The van der Waals surface area contributed by atoms with Crippen molar-refractivity contribution in [2.75, 3.05) is 54.3 Å². The van der Waals surface area contributed by atoms with Crippen LogP contribution < -0.4 is 30.7 Å². The maximum absolute atomic E-state index is 13.0. The number of thioether (sulfide) groups is 2. The van der Waals surface area contributed by atoms with E-state index in [0.29, 0.717) is 22.9 Å². The fraction of sp³-hybridized carbons (Fsp3) is 0.216. The molecule has 1 aliphatic rings. The molecule has 0 saturated heterocycles. The zero-order valence-corrected chi connectivity index (χ0v) is 30.1. The number of hydrogen-bond acceptors (Lipinski definition) is 10. The lowest BCUT2D eigenvalue weighted by Crippen LogP contribution is -2.35. The highest BCUT2D eigenvalue weighted by molar-refractivity contribution is 8.00. The van der Waals surface area contributed by atoms with Gasteiger partial charge in [0.15, 0.2) is 13.2 Å². The molecule has 4 amide bonds. The van der Waals surface area contributed by atoms with E-state index in [1.165, 1.54) is 23.5 Å². The summed E-state index contributed by atoms with van der Waals surface area (Å²) in [7, 11) is 0. The van der Waals surface area contributed by atoms with Gasteiger partial charge in [0.05, 0.1) is 22.5 Å². The van der Waals surface area contributed by atoms with Gasteiger partial charge in [-0.15, -0.1) is 35.1 Å². The van der Waals surface area contributed by atoms with Crippen LogP contribution in [0.25, 0.3) is 0 Å². The average molecular weight is 763 g/mol. The van der Waals surface area contributed by atoms with Gasteiger partial charge in [-0.05, 0) is 48.5 Å². The molecule has 4 aromatic carbocycles. The summed E-state index contributed by atoms with van der Waals surface area (Å²) >= 11 is 8.53. The van der Waals surface area contributed by atoms with E-state index in [2.05, 4.69) is 21.3 Å². The van der Waals surface area contributed by atoms with Gasteiger partial charge in [0, 0.05) is 34.4 Å². The van der Waals surface area contributed by atoms with Gasteiger partial charge in [0.2, 0.25) is 0 Å². The van der Waals surface area contributed by atoms with Gasteiger partial charge in [0.25, 0.3) is 23.6 Å². The number of benzene rings is 4. The fourth-order valence-electron chi connectivity index (χ4n) is 4.85. The van der Waals surface area contributed by atoms with E-state index < -0.39 is 35.7 Å². The van der Waals surface area contributed by atoms with Gasteiger partial charge >= 0.3 is 5.97 Å². The van der Waals surface area contributed by atoms with Crippen molar-refractivity contribution in [3.63, 3.8) is 0 Å². The third kappa shape index (κ3) is 11.2. The number of anilines is 2. The van der Waals surface area contributed by atoms with Crippen LogP contribution in [0.3, 0.4) is 0 Å². The van der Waals surface area contributed by atoms with E-state index in [9.17, 15) is 24.0 Å².